The molecule has 0 radical (unpaired) electrons. The van der Waals surface area contributed by atoms with Crippen molar-refractivity contribution in [2.75, 3.05) is 13.7 Å². The van der Waals surface area contributed by atoms with Crippen molar-refractivity contribution in [1.29, 1.82) is 0 Å². The van der Waals surface area contributed by atoms with E-state index >= 15 is 0 Å². The Kier molecular flexibility index (Phi) is 4.13. The summed E-state index contributed by atoms with van der Waals surface area (Å²) in [7, 11) is 1.54. The van der Waals surface area contributed by atoms with Crippen LogP contribution in [0, 0.1) is 0 Å². The zero-order chi connectivity index (χ0) is 17.2. The number of nitrogens with zero attached hydrogens (tertiary/aromatic N) is 3. The first-order valence-corrected chi connectivity index (χ1v) is 8.48. The summed E-state index contributed by atoms with van der Waals surface area (Å²) >= 11 is 0. The minimum Gasteiger partial charge on any atom is -0.479 e. The Morgan fingerprint density at radius 3 is 3.12 bits per heavy atom. The van der Waals surface area contributed by atoms with Crippen molar-refractivity contribution in [3.63, 3.8) is 0 Å². The van der Waals surface area contributed by atoms with Gasteiger partial charge in [-0.1, -0.05) is 12.1 Å². The summed E-state index contributed by atoms with van der Waals surface area (Å²) in [4.78, 5) is 22.6. The number of hydrogen-bond acceptors (Lipinski definition) is 5. The summed E-state index contributed by atoms with van der Waals surface area (Å²) in [5.41, 5.74) is 1.94. The molecule has 1 N–H and O–H groups in total. The molecule has 1 atom stereocenters. The van der Waals surface area contributed by atoms with Gasteiger partial charge in [-0.05, 0) is 30.1 Å². The van der Waals surface area contributed by atoms with Crippen LogP contribution in [-0.4, -0.2) is 39.6 Å². The summed E-state index contributed by atoms with van der Waals surface area (Å²) in [5.74, 6) is 2.07. The van der Waals surface area contributed by atoms with E-state index in [1.165, 1.54) is 7.11 Å². The number of aryl methyl sites for hydroxylation is 1. The summed E-state index contributed by atoms with van der Waals surface area (Å²) in [5, 5.41) is 3.76. The van der Waals surface area contributed by atoms with Crippen LogP contribution >= 0.6 is 0 Å². The van der Waals surface area contributed by atoms with E-state index in [4.69, 9.17) is 9.26 Å². The molecule has 0 bridgehead atoms. The van der Waals surface area contributed by atoms with Crippen molar-refractivity contribution in [2.45, 2.75) is 31.7 Å². The Labute approximate surface area is 145 Å². The van der Waals surface area contributed by atoms with Crippen LogP contribution in [0.3, 0.4) is 0 Å². The van der Waals surface area contributed by atoms with Gasteiger partial charge in [0.2, 0.25) is 5.91 Å². The molecule has 1 aliphatic heterocycles. The van der Waals surface area contributed by atoms with Crippen molar-refractivity contribution >= 4 is 16.9 Å². The SMILES string of the molecule is COc1cc(CCC(=O)N2CCC[C@H]2c2nc3ccccc3[nH]2)on1. The van der Waals surface area contributed by atoms with Crippen molar-refractivity contribution in [1.82, 2.24) is 20.0 Å². The third-order valence-electron chi connectivity index (χ3n) is 4.63. The lowest BCUT2D eigenvalue weighted by molar-refractivity contribution is -0.132. The van der Waals surface area contributed by atoms with Gasteiger partial charge in [0.05, 0.1) is 24.2 Å². The second-order valence-electron chi connectivity index (χ2n) is 6.22. The Morgan fingerprint density at radius 1 is 1.44 bits per heavy atom. The van der Waals surface area contributed by atoms with Crippen LogP contribution in [0.25, 0.3) is 11.0 Å². The van der Waals surface area contributed by atoms with Crippen LogP contribution in [0.5, 0.6) is 5.88 Å². The number of amides is 1. The molecule has 1 amide bonds. The zero-order valence-electron chi connectivity index (χ0n) is 14.1. The molecule has 1 aliphatic rings. The van der Waals surface area contributed by atoms with Crippen molar-refractivity contribution in [3.05, 3.63) is 41.9 Å². The Morgan fingerprint density at radius 2 is 2.32 bits per heavy atom. The summed E-state index contributed by atoms with van der Waals surface area (Å²) < 4.78 is 10.1. The molecule has 0 saturated carbocycles. The van der Waals surface area contributed by atoms with E-state index in [-0.39, 0.29) is 11.9 Å². The highest BCUT2D eigenvalue weighted by Crippen LogP contribution is 2.32. The van der Waals surface area contributed by atoms with E-state index in [0.29, 0.717) is 24.5 Å². The fourth-order valence-electron chi connectivity index (χ4n) is 3.36. The fourth-order valence-corrected chi connectivity index (χ4v) is 3.36. The molecule has 4 rings (SSSR count). The topological polar surface area (TPSA) is 84.2 Å². The molecule has 25 heavy (non-hydrogen) atoms. The molecule has 3 heterocycles. The van der Waals surface area contributed by atoms with Crippen LogP contribution in [0.1, 0.15) is 36.9 Å². The van der Waals surface area contributed by atoms with Crippen LogP contribution in [0.2, 0.25) is 0 Å². The van der Waals surface area contributed by atoms with Gasteiger partial charge in [0, 0.05) is 25.5 Å². The van der Waals surface area contributed by atoms with E-state index in [9.17, 15) is 4.79 Å². The molecule has 0 spiro atoms. The number of aromatic amines is 1. The van der Waals surface area contributed by atoms with Crippen molar-refractivity contribution in [2.24, 2.45) is 0 Å². The predicted octanol–water partition coefficient (Wildman–Crippen LogP) is 2.86. The number of carbonyl (C=O) groups is 1. The summed E-state index contributed by atoms with van der Waals surface area (Å²) in [6.07, 6.45) is 2.82. The van der Waals surface area contributed by atoms with Gasteiger partial charge in [0.15, 0.2) is 0 Å². The predicted molar refractivity (Wildman–Crippen MR) is 91.2 cm³/mol. The molecule has 1 aromatic carbocycles. The maximum atomic E-state index is 12.7. The lowest BCUT2D eigenvalue weighted by Crippen LogP contribution is -2.31. The minimum atomic E-state index is 0.0177. The van der Waals surface area contributed by atoms with Gasteiger partial charge in [-0.15, -0.1) is 0 Å². The highest BCUT2D eigenvalue weighted by molar-refractivity contribution is 5.78. The number of hydrogen-bond donors (Lipinski definition) is 1. The average molecular weight is 340 g/mol. The monoisotopic (exact) mass is 340 g/mol. The first-order valence-electron chi connectivity index (χ1n) is 8.48. The fraction of sp³-hybridized carbons (Fsp3) is 0.389. The quantitative estimate of drug-likeness (QED) is 0.772. The average Bonchev–Trinajstić information content (AvgIpc) is 3.37. The Balaban J connectivity index is 1.45. The molecular weight excluding hydrogens is 320 g/mol. The third kappa shape index (κ3) is 3.09. The third-order valence-corrected chi connectivity index (χ3v) is 4.63. The van der Waals surface area contributed by atoms with E-state index in [1.54, 1.807) is 6.07 Å². The van der Waals surface area contributed by atoms with E-state index in [0.717, 1.165) is 36.2 Å². The normalized spacial score (nSPS) is 17.3. The Bertz CT molecular complexity index is 852. The van der Waals surface area contributed by atoms with E-state index in [2.05, 4.69) is 15.1 Å². The largest absolute Gasteiger partial charge is 0.479 e. The van der Waals surface area contributed by atoms with Gasteiger partial charge in [-0.25, -0.2) is 4.98 Å². The number of carbonyl (C=O) groups excluding carboxylic acids is 1. The number of benzene rings is 1. The number of methoxy groups -OCH3 is 1. The smallest absolute Gasteiger partial charge is 0.254 e. The molecule has 130 valence electrons. The molecule has 7 nitrogen and oxygen atoms in total. The number of rotatable bonds is 5. The number of likely N-dealkylation sites (tertiary alicyclic amines) is 1. The zero-order valence-corrected chi connectivity index (χ0v) is 14.1. The number of para-hydroxylation sites is 2. The minimum absolute atomic E-state index is 0.0177. The van der Waals surface area contributed by atoms with Gasteiger partial charge < -0.3 is 19.1 Å². The standard InChI is InChI=1S/C18H20N4O3/c1-24-16-11-12(25-21-16)8-9-17(23)22-10-4-7-15(22)18-19-13-5-2-3-6-14(13)20-18/h2-3,5-6,11,15H,4,7-10H2,1H3,(H,19,20)/t15-/m0/s1. The first-order chi connectivity index (χ1) is 12.2. The van der Waals surface area contributed by atoms with Crippen LogP contribution in [0.15, 0.2) is 34.9 Å². The number of nitrogens with one attached hydrogen (secondary N) is 1. The number of aromatic nitrogens is 3. The molecule has 1 fully saturated rings. The van der Waals surface area contributed by atoms with Crippen LogP contribution in [-0.2, 0) is 11.2 Å². The van der Waals surface area contributed by atoms with Crippen LogP contribution < -0.4 is 4.74 Å². The maximum absolute atomic E-state index is 12.7. The second-order valence-corrected chi connectivity index (χ2v) is 6.22. The van der Waals surface area contributed by atoms with E-state index in [1.807, 2.05) is 29.2 Å². The number of fused-ring (bicyclic) bond motifs is 1. The number of ether oxygens (including phenoxy) is 1. The Hall–Kier alpha value is -2.83. The molecular formula is C18H20N4O3. The summed E-state index contributed by atoms with van der Waals surface area (Å²) in [6, 6.07) is 9.67. The summed E-state index contributed by atoms with van der Waals surface area (Å²) in [6.45, 7) is 0.764. The maximum Gasteiger partial charge on any atom is 0.254 e. The van der Waals surface area contributed by atoms with E-state index < -0.39 is 0 Å². The number of H-pyrrole nitrogens is 1. The number of imidazole rings is 1. The lowest BCUT2D eigenvalue weighted by atomic mass is 10.2. The van der Waals surface area contributed by atoms with Crippen molar-refractivity contribution in [3.8, 4) is 5.88 Å². The highest BCUT2D eigenvalue weighted by atomic mass is 16.5. The molecule has 1 saturated heterocycles. The second kappa shape index (κ2) is 6.58. The molecule has 7 heteroatoms. The molecule has 3 aromatic rings. The highest BCUT2D eigenvalue weighted by Gasteiger charge is 2.31. The molecule has 2 aromatic heterocycles. The van der Waals surface area contributed by atoms with Crippen molar-refractivity contribution < 1.29 is 14.1 Å². The van der Waals surface area contributed by atoms with Gasteiger partial charge in [-0.2, -0.15) is 0 Å². The lowest BCUT2D eigenvalue weighted by Gasteiger charge is -2.23. The van der Waals surface area contributed by atoms with Gasteiger partial charge in [-0.3, -0.25) is 4.79 Å². The molecule has 0 aliphatic carbocycles. The van der Waals surface area contributed by atoms with Gasteiger partial charge >= 0.3 is 0 Å². The molecule has 0 unspecified atom stereocenters. The van der Waals surface area contributed by atoms with Crippen LogP contribution in [0.4, 0.5) is 0 Å². The first kappa shape index (κ1) is 15.7. The van der Waals surface area contributed by atoms with Gasteiger partial charge in [0.25, 0.3) is 5.88 Å². The van der Waals surface area contributed by atoms with Gasteiger partial charge in [0.1, 0.15) is 11.6 Å².